The van der Waals surface area contributed by atoms with Gasteiger partial charge in [0.05, 0.1) is 37.8 Å². The average molecular weight is 601 g/mol. The van der Waals surface area contributed by atoms with Gasteiger partial charge in [-0.3, -0.25) is 14.5 Å². The van der Waals surface area contributed by atoms with Crippen molar-refractivity contribution in [2.24, 2.45) is 0 Å². The van der Waals surface area contributed by atoms with Crippen molar-refractivity contribution in [2.75, 3.05) is 37.4 Å². The van der Waals surface area contributed by atoms with Crippen molar-refractivity contribution in [1.82, 2.24) is 30.2 Å². The number of methoxy groups -OCH3 is 1. The Morgan fingerprint density at radius 3 is 2.84 bits per heavy atom. The molecule has 5 N–H and O–H groups in total. The number of benzene rings is 2. The first-order valence-electron chi connectivity index (χ1n) is 13.5. The Kier molecular flexibility index (Phi) is 7.55. The van der Waals surface area contributed by atoms with Crippen LogP contribution in [0.25, 0.3) is 16.8 Å². The molecule has 44 heavy (non-hydrogen) atoms. The quantitative estimate of drug-likeness (QED) is 0.189. The molecule has 15 nitrogen and oxygen atoms in total. The van der Waals surface area contributed by atoms with Crippen LogP contribution in [0.15, 0.2) is 71.6 Å². The number of hydrogen-bond acceptors (Lipinski definition) is 12. The number of amides is 2. The molecule has 2 amide bonds. The van der Waals surface area contributed by atoms with E-state index in [2.05, 4.69) is 25.5 Å². The molecular formula is C29H28N8O7. The van der Waals surface area contributed by atoms with E-state index in [4.69, 9.17) is 19.7 Å². The number of rotatable bonds is 9. The molecule has 0 bridgehead atoms. The highest BCUT2D eigenvalue weighted by Gasteiger charge is 2.47. The third-order valence-electron chi connectivity index (χ3n) is 7.28. The number of nitrogens with zero attached hydrogens (tertiary/aromatic N) is 6. The van der Waals surface area contributed by atoms with Crippen molar-refractivity contribution in [3.8, 4) is 17.4 Å². The first-order chi connectivity index (χ1) is 21.3. The number of aliphatic hydroxyl groups is 1. The predicted molar refractivity (Wildman–Crippen MR) is 155 cm³/mol. The largest absolute Gasteiger partial charge is 0.507 e. The summed E-state index contributed by atoms with van der Waals surface area (Å²) >= 11 is 0. The molecule has 0 saturated carbocycles. The first-order valence-corrected chi connectivity index (χ1v) is 13.5. The molecule has 1 saturated heterocycles. The molecule has 0 aliphatic carbocycles. The van der Waals surface area contributed by atoms with E-state index in [9.17, 15) is 19.8 Å². The van der Waals surface area contributed by atoms with Crippen LogP contribution in [0.4, 0.5) is 11.6 Å². The number of ether oxygens (including phenoxy) is 2. The molecule has 1 fully saturated rings. The van der Waals surface area contributed by atoms with Crippen molar-refractivity contribution in [3.05, 3.63) is 78.2 Å². The van der Waals surface area contributed by atoms with Crippen LogP contribution in [0.3, 0.4) is 0 Å². The van der Waals surface area contributed by atoms with Gasteiger partial charge in [0.1, 0.15) is 17.7 Å². The Hall–Kier alpha value is -5.54. The van der Waals surface area contributed by atoms with Gasteiger partial charge in [-0.25, -0.2) is 14.6 Å². The van der Waals surface area contributed by atoms with E-state index in [1.807, 2.05) is 0 Å². The predicted octanol–water partition coefficient (Wildman–Crippen LogP) is 1.24. The van der Waals surface area contributed by atoms with Gasteiger partial charge < -0.3 is 35.3 Å². The maximum absolute atomic E-state index is 13.9. The van der Waals surface area contributed by atoms with Gasteiger partial charge in [-0.2, -0.15) is 0 Å². The number of aromatic nitrogens is 5. The number of nitrogens with two attached hydrogens (primary N) is 1. The number of nitrogen functional groups attached to an aromatic ring is 1. The Morgan fingerprint density at radius 2 is 2.02 bits per heavy atom. The van der Waals surface area contributed by atoms with Gasteiger partial charge in [-0.15, -0.1) is 5.10 Å². The summed E-state index contributed by atoms with van der Waals surface area (Å²) in [6, 6.07) is 14.3. The number of nitrogens with one attached hydrogen (secondary N) is 1. The minimum atomic E-state index is -1.95. The van der Waals surface area contributed by atoms with Gasteiger partial charge in [0.2, 0.25) is 5.88 Å². The Labute approximate surface area is 249 Å². The maximum Gasteiger partial charge on any atom is 0.260 e. The summed E-state index contributed by atoms with van der Waals surface area (Å²) in [7, 11) is 1.48. The van der Waals surface area contributed by atoms with E-state index >= 15 is 0 Å². The summed E-state index contributed by atoms with van der Waals surface area (Å²) in [5, 5.41) is 33.8. The van der Waals surface area contributed by atoms with Crippen molar-refractivity contribution in [1.29, 1.82) is 0 Å². The van der Waals surface area contributed by atoms with Crippen LogP contribution >= 0.6 is 0 Å². The van der Waals surface area contributed by atoms with E-state index in [-0.39, 0.29) is 36.7 Å². The van der Waals surface area contributed by atoms with Gasteiger partial charge in [0.25, 0.3) is 11.8 Å². The van der Waals surface area contributed by atoms with Crippen LogP contribution in [-0.2, 0) is 16.0 Å². The molecular weight excluding hydrogens is 572 g/mol. The summed E-state index contributed by atoms with van der Waals surface area (Å²) in [4.78, 5) is 36.5. The van der Waals surface area contributed by atoms with Crippen LogP contribution in [0.1, 0.15) is 15.9 Å². The Balaban J connectivity index is 1.29. The number of phenols is 1. The standard InChI is InChI=1S/C29H28N8O7/c1-42-24-13-23(32-16-33-24)37-9-8-22(34-37)36-10-11-43-25(28(36)40)29(41,15-31-27(39)18-4-2-3-5-20(18)38)14-17-6-7-19-21(12-17)44-35-26(19)30/h2-9,12-13,16,25,38,41H,10-11,14-15H2,1H3,(H2,30,35)(H,31,39)/t25-,29?/m0/s1. The zero-order chi connectivity index (χ0) is 30.8. The fourth-order valence-electron chi connectivity index (χ4n) is 5.06. The molecule has 1 aliphatic rings. The number of carbonyl (C=O) groups is 2. The molecule has 2 aromatic carbocycles. The molecule has 226 valence electrons. The zero-order valence-electron chi connectivity index (χ0n) is 23.5. The number of phenolic OH excluding ortho intramolecular Hbond substituents is 1. The second-order valence-corrected chi connectivity index (χ2v) is 10.2. The number of para-hydroxylation sites is 1. The maximum atomic E-state index is 13.9. The lowest BCUT2D eigenvalue weighted by atomic mass is 9.86. The Morgan fingerprint density at radius 1 is 1.18 bits per heavy atom. The highest BCUT2D eigenvalue weighted by atomic mass is 16.5. The van der Waals surface area contributed by atoms with Gasteiger partial charge in [0.15, 0.2) is 29.1 Å². The number of carbonyl (C=O) groups excluding carboxylic acids is 2. The van der Waals surface area contributed by atoms with Crippen molar-refractivity contribution in [2.45, 2.75) is 18.1 Å². The van der Waals surface area contributed by atoms with Crippen LogP contribution in [0.5, 0.6) is 11.6 Å². The molecule has 6 rings (SSSR count). The van der Waals surface area contributed by atoms with Gasteiger partial charge in [0, 0.05) is 24.8 Å². The lowest BCUT2D eigenvalue weighted by Gasteiger charge is -2.40. The third kappa shape index (κ3) is 5.48. The average Bonchev–Trinajstić information content (AvgIpc) is 3.67. The summed E-state index contributed by atoms with van der Waals surface area (Å²) in [6.07, 6.45) is 1.44. The van der Waals surface area contributed by atoms with E-state index in [0.29, 0.717) is 34.0 Å². The zero-order valence-corrected chi connectivity index (χ0v) is 23.5. The number of aromatic hydroxyl groups is 1. The highest BCUT2D eigenvalue weighted by Crippen LogP contribution is 2.29. The number of anilines is 2. The second-order valence-electron chi connectivity index (χ2n) is 10.2. The Bertz CT molecular complexity index is 1840. The highest BCUT2D eigenvalue weighted by molar-refractivity contribution is 5.98. The lowest BCUT2D eigenvalue weighted by Crippen LogP contribution is -2.63. The van der Waals surface area contributed by atoms with E-state index < -0.39 is 30.1 Å². The SMILES string of the molecule is COc1cc(-n2ccc(N3CCO[C@H](C(O)(CNC(=O)c4ccccc4O)Cc4ccc5c(N)noc5c4)C3=O)n2)ncn1. The molecule has 5 aromatic rings. The number of fused-ring (bicyclic) bond motifs is 1. The molecule has 2 atom stereocenters. The molecule has 0 spiro atoms. The first kappa shape index (κ1) is 28.6. The smallest absolute Gasteiger partial charge is 0.260 e. The normalized spacial score (nSPS) is 16.5. The fourth-order valence-corrected chi connectivity index (χ4v) is 5.06. The summed E-state index contributed by atoms with van der Waals surface area (Å²) in [5.41, 5.74) is 4.88. The van der Waals surface area contributed by atoms with Crippen molar-refractivity contribution >= 4 is 34.4 Å². The summed E-state index contributed by atoms with van der Waals surface area (Å²) in [6.45, 7) is -0.142. The lowest BCUT2D eigenvalue weighted by molar-refractivity contribution is -0.157. The van der Waals surface area contributed by atoms with Gasteiger partial charge >= 0.3 is 0 Å². The van der Waals surface area contributed by atoms with Gasteiger partial charge in [-0.1, -0.05) is 23.4 Å². The molecule has 3 aromatic heterocycles. The molecule has 0 radical (unpaired) electrons. The van der Waals surface area contributed by atoms with E-state index in [1.165, 1.54) is 35.2 Å². The van der Waals surface area contributed by atoms with Gasteiger partial charge in [-0.05, 0) is 29.8 Å². The van der Waals surface area contributed by atoms with Crippen LogP contribution in [0, 0.1) is 0 Å². The summed E-state index contributed by atoms with van der Waals surface area (Å²) in [5.74, 6) is -0.137. The molecule has 1 unspecified atom stereocenters. The van der Waals surface area contributed by atoms with E-state index in [0.717, 1.165) is 0 Å². The monoisotopic (exact) mass is 600 g/mol. The van der Waals surface area contributed by atoms with Crippen LogP contribution in [-0.4, -0.2) is 85.4 Å². The summed E-state index contributed by atoms with van der Waals surface area (Å²) < 4.78 is 17.8. The van der Waals surface area contributed by atoms with Crippen molar-refractivity contribution < 1.29 is 33.8 Å². The topological polar surface area (TPSA) is 204 Å². The third-order valence-corrected chi connectivity index (χ3v) is 7.28. The van der Waals surface area contributed by atoms with Crippen LogP contribution in [0.2, 0.25) is 0 Å². The van der Waals surface area contributed by atoms with Crippen LogP contribution < -0.4 is 20.7 Å². The van der Waals surface area contributed by atoms with E-state index in [1.54, 1.807) is 48.7 Å². The second kappa shape index (κ2) is 11.6. The minimum absolute atomic E-state index is 0.0119. The fraction of sp³-hybridized carbons (Fsp3) is 0.241. The number of hydrogen-bond donors (Lipinski definition) is 4. The van der Waals surface area contributed by atoms with Crippen molar-refractivity contribution in [3.63, 3.8) is 0 Å². The molecule has 1 aliphatic heterocycles. The minimum Gasteiger partial charge on any atom is -0.507 e. The molecule has 4 heterocycles. The number of morpholine rings is 1. The molecule has 15 heteroatoms.